The third-order valence-corrected chi connectivity index (χ3v) is 4.06. The minimum absolute atomic E-state index is 0.237. The number of amides is 1. The van der Waals surface area contributed by atoms with E-state index in [9.17, 15) is 4.79 Å². The lowest BCUT2D eigenvalue weighted by molar-refractivity contribution is 0.102. The van der Waals surface area contributed by atoms with Crippen molar-refractivity contribution < 1.29 is 4.79 Å². The van der Waals surface area contributed by atoms with E-state index in [1.165, 1.54) is 0 Å². The van der Waals surface area contributed by atoms with Crippen LogP contribution in [-0.4, -0.2) is 48.1 Å². The molecule has 0 atom stereocenters. The average Bonchev–Trinajstić information content (AvgIpc) is 3.06. The highest BCUT2D eigenvalue weighted by molar-refractivity contribution is 6.04. The quantitative estimate of drug-likeness (QED) is 0.895. The molecule has 2 heterocycles. The summed E-state index contributed by atoms with van der Waals surface area (Å²) in [6.45, 7) is 1.95. The van der Waals surface area contributed by atoms with Gasteiger partial charge >= 0.3 is 0 Å². The van der Waals surface area contributed by atoms with Crippen LogP contribution in [0.4, 0.5) is 11.4 Å². The van der Waals surface area contributed by atoms with Crippen LogP contribution in [0, 0.1) is 0 Å². The van der Waals surface area contributed by atoms with Crippen LogP contribution in [0.15, 0.2) is 30.5 Å². The van der Waals surface area contributed by atoms with Gasteiger partial charge in [-0.15, -0.1) is 5.10 Å². The van der Waals surface area contributed by atoms with E-state index in [-0.39, 0.29) is 5.91 Å². The Morgan fingerprint density at radius 1 is 1.30 bits per heavy atom. The van der Waals surface area contributed by atoms with Crippen molar-refractivity contribution in [1.29, 1.82) is 0 Å². The SMILES string of the molecule is CN(C)c1ccccc1NC(=O)c1cn(C2CCNCC2)nn1. The van der Waals surface area contributed by atoms with Crippen LogP contribution in [0.1, 0.15) is 29.4 Å². The highest BCUT2D eigenvalue weighted by Crippen LogP contribution is 2.24. The highest BCUT2D eigenvalue weighted by atomic mass is 16.2. The maximum Gasteiger partial charge on any atom is 0.277 e. The highest BCUT2D eigenvalue weighted by Gasteiger charge is 2.19. The predicted molar refractivity (Wildman–Crippen MR) is 89.9 cm³/mol. The molecule has 1 fully saturated rings. The number of anilines is 2. The lowest BCUT2D eigenvalue weighted by atomic mass is 10.1. The molecular weight excluding hydrogens is 292 g/mol. The summed E-state index contributed by atoms with van der Waals surface area (Å²) in [5.74, 6) is -0.237. The fourth-order valence-electron chi connectivity index (χ4n) is 2.79. The van der Waals surface area contributed by atoms with Gasteiger partial charge in [-0.2, -0.15) is 0 Å². The predicted octanol–water partition coefficient (Wildman–Crippen LogP) is 1.52. The van der Waals surface area contributed by atoms with Crippen molar-refractivity contribution >= 4 is 17.3 Å². The van der Waals surface area contributed by atoms with Gasteiger partial charge in [0.15, 0.2) is 5.69 Å². The second-order valence-corrected chi connectivity index (χ2v) is 5.93. The molecular formula is C16H22N6O. The third kappa shape index (κ3) is 3.50. The molecule has 3 rings (SSSR count). The van der Waals surface area contributed by atoms with E-state index >= 15 is 0 Å². The summed E-state index contributed by atoms with van der Waals surface area (Å²) in [5.41, 5.74) is 2.06. The number of benzene rings is 1. The van der Waals surface area contributed by atoms with Gasteiger partial charge < -0.3 is 15.5 Å². The van der Waals surface area contributed by atoms with Crippen LogP contribution in [0.2, 0.25) is 0 Å². The van der Waals surface area contributed by atoms with Gasteiger partial charge in [0.1, 0.15) is 0 Å². The van der Waals surface area contributed by atoms with Gasteiger partial charge in [-0.1, -0.05) is 17.3 Å². The van der Waals surface area contributed by atoms with E-state index in [0.717, 1.165) is 37.3 Å². The molecule has 1 aliphatic heterocycles. The second kappa shape index (κ2) is 6.78. The summed E-state index contributed by atoms with van der Waals surface area (Å²) in [6.07, 6.45) is 3.76. The van der Waals surface area contributed by atoms with Crippen LogP contribution in [0.3, 0.4) is 0 Å². The molecule has 7 heteroatoms. The first-order valence-corrected chi connectivity index (χ1v) is 7.85. The molecule has 1 aliphatic rings. The molecule has 0 saturated carbocycles. The fourth-order valence-corrected chi connectivity index (χ4v) is 2.79. The fraction of sp³-hybridized carbons (Fsp3) is 0.438. The van der Waals surface area contributed by atoms with Crippen LogP contribution in [-0.2, 0) is 0 Å². The molecule has 0 spiro atoms. The summed E-state index contributed by atoms with van der Waals surface area (Å²) in [6, 6.07) is 8.00. The van der Waals surface area contributed by atoms with Crippen molar-refractivity contribution in [1.82, 2.24) is 20.3 Å². The Balaban J connectivity index is 1.73. The number of para-hydroxylation sites is 2. The lowest BCUT2D eigenvalue weighted by Crippen LogP contribution is -2.29. The number of carbonyl (C=O) groups is 1. The molecule has 1 saturated heterocycles. The molecule has 0 bridgehead atoms. The Morgan fingerprint density at radius 3 is 2.78 bits per heavy atom. The smallest absolute Gasteiger partial charge is 0.277 e. The van der Waals surface area contributed by atoms with E-state index in [1.54, 1.807) is 6.20 Å². The largest absolute Gasteiger partial charge is 0.376 e. The van der Waals surface area contributed by atoms with E-state index < -0.39 is 0 Å². The summed E-state index contributed by atoms with van der Waals surface area (Å²) in [5, 5.41) is 14.4. The Labute approximate surface area is 135 Å². The standard InChI is InChI=1S/C16H22N6O/c1-21(2)15-6-4-3-5-13(15)18-16(23)14-11-22(20-19-14)12-7-9-17-10-8-12/h3-6,11-12,17H,7-10H2,1-2H3,(H,18,23). The van der Waals surface area contributed by atoms with Crippen molar-refractivity contribution in [3.63, 3.8) is 0 Å². The van der Waals surface area contributed by atoms with Crippen LogP contribution in [0.5, 0.6) is 0 Å². The second-order valence-electron chi connectivity index (χ2n) is 5.93. The van der Waals surface area contributed by atoms with Gasteiger partial charge in [0.2, 0.25) is 0 Å². The third-order valence-electron chi connectivity index (χ3n) is 4.06. The first-order chi connectivity index (χ1) is 11.1. The molecule has 0 unspecified atom stereocenters. The number of carbonyl (C=O) groups excluding carboxylic acids is 1. The molecule has 2 aromatic rings. The molecule has 122 valence electrons. The van der Waals surface area contributed by atoms with Gasteiger partial charge in [-0.3, -0.25) is 4.79 Å². The Kier molecular flexibility index (Phi) is 4.57. The number of rotatable bonds is 4. The number of nitrogens with zero attached hydrogens (tertiary/aromatic N) is 4. The molecule has 7 nitrogen and oxygen atoms in total. The average molecular weight is 314 g/mol. The van der Waals surface area contributed by atoms with Crippen molar-refractivity contribution in [3.8, 4) is 0 Å². The number of hydrogen-bond donors (Lipinski definition) is 2. The Hall–Kier alpha value is -2.41. The Morgan fingerprint density at radius 2 is 2.04 bits per heavy atom. The number of piperidine rings is 1. The zero-order valence-electron chi connectivity index (χ0n) is 13.5. The molecule has 0 radical (unpaired) electrons. The number of hydrogen-bond acceptors (Lipinski definition) is 5. The first-order valence-electron chi connectivity index (χ1n) is 7.85. The maximum atomic E-state index is 12.4. The summed E-state index contributed by atoms with van der Waals surface area (Å²) in [4.78, 5) is 14.4. The van der Waals surface area contributed by atoms with Crippen molar-refractivity contribution in [2.45, 2.75) is 18.9 Å². The van der Waals surface area contributed by atoms with Crippen LogP contribution < -0.4 is 15.5 Å². The zero-order valence-corrected chi connectivity index (χ0v) is 13.5. The van der Waals surface area contributed by atoms with Gasteiger partial charge in [0.05, 0.1) is 23.6 Å². The van der Waals surface area contributed by atoms with Crippen molar-refractivity contribution in [2.24, 2.45) is 0 Å². The van der Waals surface area contributed by atoms with E-state index in [1.807, 2.05) is 47.9 Å². The van der Waals surface area contributed by atoms with Crippen molar-refractivity contribution in [3.05, 3.63) is 36.2 Å². The zero-order chi connectivity index (χ0) is 16.2. The number of nitrogens with one attached hydrogen (secondary N) is 2. The molecule has 2 N–H and O–H groups in total. The van der Waals surface area contributed by atoms with Gasteiger partial charge in [-0.25, -0.2) is 4.68 Å². The summed E-state index contributed by atoms with van der Waals surface area (Å²) >= 11 is 0. The van der Waals surface area contributed by atoms with Crippen LogP contribution in [0.25, 0.3) is 0 Å². The van der Waals surface area contributed by atoms with E-state index in [0.29, 0.717) is 11.7 Å². The number of aromatic nitrogens is 3. The topological polar surface area (TPSA) is 75.1 Å². The van der Waals surface area contributed by atoms with Gasteiger partial charge in [0, 0.05) is 14.1 Å². The summed E-state index contributed by atoms with van der Waals surface area (Å²) in [7, 11) is 3.89. The van der Waals surface area contributed by atoms with Crippen LogP contribution >= 0.6 is 0 Å². The molecule has 1 aromatic heterocycles. The first kappa shape index (κ1) is 15.5. The van der Waals surface area contributed by atoms with E-state index in [4.69, 9.17) is 0 Å². The molecule has 0 aliphatic carbocycles. The summed E-state index contributed by atoms with van der Waals surface area (Å²) < 4.78 is 1.81. The molecule has 1 amide bonds. The molecule has 1 aromatic carbocycles. The normalized spacial score (nSPS) is 15.4. The van der Waals surface area contributed by atoms with Crippen molar-refractivity contribution in [2.75, 3.05) is 37.4 Å². The minimum atomic E-state index is -0.237. The molecule has 23 heavy (non-hydrogen) atoms. The van der Waals surface area contributed by atoms with Gasteiger partial charge in [0.25, 0.3) is 5.91 Å². The van der Waals surface area contributed by atoms with Gasteiger partial charge in [-0.05, 0) is 38.1 Å². The minimum Gasteiger partial charge on any atom is -0.376 e. The lowest BCUT2D eigenvalue weighted by Gasteiger charge is -2.22. The van der Waals surface area contributed by atoms with E-state index in [2.05, 4.69) is 20.9 Å². The maximum absolute atomic E-state index is 12.4. The monoisotopic (exact) mass is 314 g/mol. The Bertz CT molecular complexity index is 675.